The van der Waals surface area contributed by atoms with E-state index in [0.29, 0.717) is 11.6 Å². The minimum atomic E-state index is -0.126. The second-order valence-corrected chi connectivity index (χ2v) is 6.66. The molecule has 0 radical (unpaired) electrons. The standard InChI is InChI=1S/C17H26ClN3O2/c1-21(2)12-16(13-5-7-14(18)8-6-13)20-17(22)19-15-4-3-10-23-11-9-15/h5-8,15-16H,3-4,9-12H2,1-2H3,(H2,19,20,22)/t15-,16+/m0/s1. The lowest BCUT2D eigenvalue weighted by Gasteiger charge is -2.24. The average Bonchev–Trinajstić information content (AvgIpc) is 2.75. The van der Waals surface area contributed by atoms with Crippen molar-refractivity contribution in [3.05, 3.63) is 34.9 Å². The number of hydrogen-bond acceptors (Lipinski definition) is 3. The molecule has 0 aromatic heterocycles. The summed E-state index contributed by atoms with van der Waals surface area (Å²) >= 11 is 5.95. The summed E-state index contributed by atoms with van der Waals surface area (Å²) in [5, 5.41) is 6.84. The van der Waals surface area contributed by atoms with Gasteiger partial charge in [-0.25, -0.2) is 4.79 Å². The van der Waals surface area contributed by atoms with E-state index in [1.165, 1.54) is 0 Å². The van der Waals surface area contributed by atoms with Crippen molar-refractivity contribution < 1.29 is 9.53 Å². The topological polar surface area (TPSA) is 53.6 Å². The minimum Gasteiger partial charge on any atom is -0.381 e. The van der Waals surface area contributed by atoms with Gasteiger partial charge in [-0.3, -0.25) is 0 Å². The molecule has 1 saturated heterocycles. The smallest absolute Gasteiger partial charge is 0.315 e. The van der Waals surface area contributed by atoms with Gasteiger partial charge in [-0.05, 0) is 51.1 Å². The van der Waals surface area contributed by atoms with Crippen LogP contribution in [0.3, 0.4) is 0 Å². The Hall–Kier alpha value is -1.30. The van der Waals surface area contributed by atoms with Gasteiger partial charge in [-0.2, -0.15) is 0 Å². The number of nitrogens with zero attached hydrogens (tertiary/aromatic N) is 1. The minimum absolute atomic E-state index is 0.0794. The third kappa shape index (κ3) is 6.37. The SMILES string of the molecule is CN(C)C[C@@H](NC(=O)N[C@H]1CCCOCC1)c1ccc(Cl)cc1. The maximum absolute atomic E-state index is 12.3. The molecule has 0 aliphatic carbocycles. The molecule has 0 saturated carbocycles. The zero-order valence-corrected chi connectivity index (χ0v) is 14.6. The molecule has 128 valence electrons. The number of nitrogens with one attached hydrogen (secondary N) is 2. The summed E-state index contributed by atoms with van der Waals surface area (Å²) in [5.74, 6) is 0. The summed E-state index contributed by atoms with van der Waals surface area (Å²) in [4.78, 5) is 14.4. The number of ether oxygens (including phenoxy) is 1. The van der Waals surface area contributed by atoms with Crippen LogP contribution in [0.25, 0.3) is 0 Å². The fourth-order valence-electron chi connectivity index (χ4n) is 2.73. The van der Waals surface area contributed by atoms with Gasteiger partial charge in [0.25, 0.3) is 0 Å². The van der Waals surface area contributed by atoms with E-state index < -0.39 is 0 Å². The van der Waals surface area contributed by atoms with Gasteiger partial charge < -0.3 is 20.3 Å². The Balaban J connectivity index is 1.96. The number of benzene rings is 1. The molecular formula is C17H26ClN3O2. The van der Waals surface area contributed by atoms with Gasteiger partial charge in [-0.1, -0.05) is 23.7 Å². The number of hydrogen-bond donors (Lipinski definition) is 2. The quantitative estimate of drug-likeness (QED) is 0.867. The Morgan fingerprint density at radius 1 is 1.30 bits per heavy atom. The molecule has 2 amide bonds. The van der Waals surface area contributed by atoms with Crippen LogP contribution in [0.2, 0.25) is 5.02 Å². The van der Waals surface area contributed by atoms with Crippen LogP contribution >= 0.6 is 11.6 Å². The molecule has 0 spiro atoms. The zero-order valence-electron chi connectivity index (χ0n) is 13.8. The predicted molar refractivity (Wildman–Crippen MR) is 92.9 cm³/mol. The van der Waals surface area contributed by atoms with E-state index in [-0.39, 0.29) is 18.1 Å². The highest BCUT2D eigenvalue weighted by molar-refractivity contribution is 6.30. The molecule has 2 atom stereocenters. The zero-order chi connectivity index (χ0) is 16.7. The molecule has 1 aliphatic rings. The fraction of sp³-hybridized carbons (Fsp3) is 0.588. The maximum atomic E-state index is 12.3. The first-order valence-corrected chi connectivity index (χ1v) is 8.47. The molecule has 1 heterocycles. The van der Waals surface area contributed by atoms with Gasteiger partial charge in [0.1, 0.15) is 0 Å². The van der Waals surface area contributed by atoms with Crippen LogP contribution < -0.4 is 10.6 Å². The van der Waals surface area contributed by atoms with Crippen molar-refractivity contribution in [2.75, 3.05) is 33.9 Å². The van der Waals surface area contributed by atoms with Crippen LogP contribution in [-0.2, 0) is 4.74 Å². The average molecular weight is 340 g/mol. The number of rotatable bonds is 5. The molecular weight excluding hydrogens is 314 g/mol. The van der Waals surface area contributed by atoms with E-state index in [4.69, 9.17) is 16.3 Å². The third-order valence-corrected chi connectivity index (χ3v) is 4.16. The number of amides is 2. The first-order chi connectivity index (χ1) is 11.0. The molecule has 2 rings (SSSR count). The number of carbonyl (C=O) groups is 1. The Kier molecular flexibility index (Phi) is 7.15. The molecule has 6 heteroatoms. The van der Waals surface area contributed by atoms with E-state index in [0.717, 1.165) is 38.0 Å². The summed E-state index contributed by atoms with van der Waals surface area (Å²) in [7, 11) is 3.98. The van der Waals surface area contributed by atoms with Gasteiger partial charge in [0.05, 0.1) is 6.04 Å². The number of urea groups is 1. The Labute approximate surface area is 143 Å². The molecule has 0 bridgehead atoms. The first-order valence-electron chi connectivity index (χ1n) is 8.09. The van der Waals surface area contributed by atoms with Crippen molar-refractivity contribution in [2.24, 2.45) is 0 Å². The van der Waals surface area contributed by atoms with Crippen LogP contribution in [0.5, 0.6) is 0 Å². The highest BCUT2D eigenvalue weighted by Crippen LogP contribution is 2.17. The van der Waals surface area contributed by atoms with E-state index >= 15 is 0 Å². The molecule has 1 aliphatic heterocycles. The van der Waals surface area contributed by atoms with E-state index in [1.54, 1.807) is 0 Å². The molecule has 23 heavy (non-hydrogen) atoms. The van der Waals surface area contributed by atoms with E-state index in [9.17, 15) is 4.79 Å². The van der Waals surface area contributed by atoms with Crippen LogP contribution in [-0.4, -0.2) is 50.8 Å². The van der Waals surface area contributed by atoms with Crippen LogP contribution in [0, 0.1) is 0 Å². The van der Waals surface area contributed by atoms with Gasteiger partial charge in [0, 0.05) is 30.8 Å². The van der Waals surface area contributed by atoms with Crippen molar-refractivity contribution in [3.8, 4) is 0 Å². The van der Waals surface area contributed by atoms with Crippen LogP contribution in [0.1, 0.15) is 30.9 Å². The lowest BCUT2D eigenvalue weighted by molar-refractivity contribution is 0.142. The molecule has 1 aromatic rings. The third-order valence-electron chi connectivity index (χ3n) is 3.91. The molecule has 1 fully saturated rings. The monoisotopic (exact) mass is 339 g/mol. The van der Waals surface area contributed by atoms with Crippen LogP contribution in [0.4, 0.5) is 4.79 Å². The normalized spacial score (nSPS) is 19.9. The van der Waals surface area contributed by atoms with E-state index in [1.807, 2.05) is 38.4 Å². The number of likely N-dealkylation sites (N-methyl/N-ethyl adjacent to an activating group) is 1. The molecule has 0 unspecified atom stereocenters. The lowest BCUT2D eigenvalue weighted by atomic mass is 10.1. The van der Waals surface area contributed by atoms with Gasteiger partial charge in [-0.15, -0.1) is 0 Å². The summed E-state index contributed by atoms with van der Waals surface area (Å²) in [6.45, 7) is 2.22. The maximum Gasteiger partial charge on any atom is 0.315 e. The largest absolute Gasteiger partial charge is 0.381 e. The predicted octanol–water partition coefficient (Wildman–Crippen LogP) is 2.81. The van der Waals surface area contributed by atoms with Crippen LogP contribution in [0.15, 0.2) is 24.3 Å². The summed E-state index contributed by atoms with van der Waals surface area (Å²) in [5.41, 5.74) is 1.04. The lowest BCUT2D eigenvalue weighted by Crippen LogP contribution is -2.45. The summed E-state index contributed by atoms with van der Waals surface area (Å²) < 4.78 is 5.43. The Bertz CT molecular complexity index is 485. The van der Waals surface area contributed by atoms with Crippen molar-refractivity contribution in [1.82, 2.24) is 15.5 Å². The van der Waals surface area contributed by atoms with Gasteiger partial charge in [0.15, 0.2) is 0 Å². The summed E-state index contributed by atoms with van der Waals surface area (Å²) in [6.07, 6.45) is 2.82. The van der Waals surface area contributed by atoms with Crippen molar-refractivity contribution in [1.29, 1.82) is 0 Å². The van der Waals surface area contributed by atoms with Gasteiger partial charge >= 0.3 is 6.03 Å². The first kappa shape index (κ1) is 18.0. The Morgan fingerprint density at radius 2 is 2.04 bits per heavy atom. The highest BCUT2D eigenvalue weighted by atomic mass is 35.5. The fourth-order valence-corrected chi connectivity index (χ4v) is 2.85. The second kappa shape index (κ2) is 9.11. The van der Waals surface area contributed by atoms with Gasteiger partial charge in [0.2, 0.25) is 0 Å². The number of halogens is 1. The van der Waals surface area contributed by atoms with E-state index in [2.05, 4.69) is 15.5 Å². The van der Waals surface area contributed by atoms with Crippen molar-refractivity contribution >= 4 is 17.6 Å². The second-order valence-electron chi connectivity index (χ2n) is 6.22. The molecule has 1 aromatic carbocycles. The Morgan fingerprint density at radius 3 is 2.74 bits per heavy atom. The summed E-state index contributed by atoms with van der Waals surface area (Å²) in [6, 6.07) is 7.58. The van der Waals surface area contributed by atoms with Crippen molar-refractivity contribution in [3.63, 3.8) is 0 Å². The highest BCUT2D eigenvalue weighted by Gasteiger charge is 2.19. The molecule has 5 nitrogen and oxygen atoms in total. The number of carbonyl (C=O) groups excluding carboxylic acids is 1. The molecule has 2 N–H and O–H groups in total. The van der Waals surface area contributed by atoms with Crippen molar-refractivity contribution in [2.45, 2.75) is 31.3 Å².